The van der Waals surface area contributed by atoms with Gasteiger partial charge in [0.2, 0.25) is 0 Å². The number of nitrogens with two attached hydrogens (primary N) is 1. The first kappa shape index (κ1) is 20.1. The highest BCUT2D eigenvalue weighted by Gasteiger charge is 2.27. The average Bonchev–Trinajstić information content (AvgIpc) is 3.42. The molecule has 5 aromatic rings. The van der Waals surface area contributed by atoms with Crippen molar-refractivity contribution in [2.75, 3.05) is 5.73 Å². The largest absolute Gasteiger partial charge is 0.380 e. The van der Waals surface area contributed by atoms with Crippen LogP contribution in [0.1, 0.15) is 23.2 Å². The third kappa shape index (κ3) is 3.55. The quantitative estimate of drug-likeness (QED) is 0.308. The van der Waals surface area contributed by atoms with E-state index >= 15 is 0 Å². The summed E-state index contributed by atoms with van der Waals surface area (Å²) >= 11 is 0. The van der Waals surface area contributed by atoms with Crippen molar-refractivity contribution in [2.24, 2.45) is 10.2 Å². The van der Waals surface area contributed by atoms with Crippen LogP contribution in [0, 0.1) is 0 Å². The predicted molar refractivity (Wildman–Crippen MR) is 136 cm³/mol. The van der Waals surface area contributed by atoms with E-state index in [1.165, 1.54) is 11.1 Å². The summed E-state index contributed by atoms with van der Waals surface area (Å²) in [5.41, 5.74) is 14.8. The Morgan fingerprint density at radius 3 is 2.21 bits per heavy atom. The van der Waals surface area contributed by atoms with Crippen molar-refractivity contribution in [2.45, 2.75) is 12.8 Å². The minimum Gasteiger partial charge on any atom is -0.380 e. The van der Waals surface area contributed by atoms with Gasteiger partial charge in [0.15, 0.2) is 17.2 Å². The molecule has 0 aliphatic heterocycles. The normalized spacial score (nSPS) is 14.3. The van der Waals surface area contributed by atoms with Crippen LogP contribution in [0.5, 0.6) is 0 Å². The number of rotatable bonds is 4. The third-order valence-corrected chi connectivity index (χ3v) is 6.02. The molecule has 0 atom stereocenters. The number of nitrogens with zero attached hydrogens (tertiary/aromatic N) is 5. The van der Waals surface area contributed by atoms with Crippen LogP contribution >= 0.6 is 0 Å². The molecule has 0 fully saturated rings. The van der Waals surface area contributed by atoms with Gasteiger partial charge in [0, 0.05) is 11.1 Å². The Bertz CT molecular complexity index is 1530. The second kappa shape index (κ2) is 8.41. The number of nitrogen functional groups attached to an aromatic ring is 1. The van der Waals surface area contributed by atoms with Crippen molar-refractivity contribution in [3.63, 3.8) is 0 Å². The number of benzene rings is 3. The van der Waals surface area contributed by atoms with Crippen LogP contribution in [-0.2, 0) is 6.42 Å². The fourth-order valence-corrected chi connectivity index (χ4v) is 4.45. The van der Waals surface area contributed by atoms with Gasteiger partial charge in [-0.3, -0.25) is 0 Å². The van der Waals surface area contributed by atoms with Crippen LogP contribution in [0.15, 0.2) is 101 Å². The molecule has 0 unspecified atom stereocenters. The SMILES string of the molecule is Nc1nn2c(-c3ccccc3)c3c(nc2c1N=Nc1ccccc1)/C(=C/c1ccccc1)CC3. The number of azo groups is 1. The van der Waals surface area contributed by atoms with Gasteiger partial charge < -0.3 is 5.73 Å². The van der Waals surface area contributed by atoms with Crippen molar-refractivity contribution in [3.8, 4) is 11.3 Å². The zero-order valence-electron chi connectivity index (χ0n) is 18.5. The van der Waals surface area contributed by atoms with Gasteiger partial charge in [-0.15, -0.1) is 10.2 Å². The van der Waals surface area contributed by atoms with Gasteiger partial charge in [-0.25, -0.2) is 9.50 Å². The predicted octanol–water partition coefficient (Wildman–Crippen LogP) is 6.88. The molecule has 6 rings (SSSR count). The standard InChI is InChI=1S/C28H22N6/c29-27-25(32-31-22-14-8-3-9-15-22)28-30-24-21(18-19-10-4-1-5-11-19)16-17-23(24)26(34(28)33-27)20-12-6-2-7-13-20/h1-15,18H,16-17H2,(H2,29,33)/b21-18+,32-31?. The van der Waals surface area contributed by atoms with Crippen molar-refractivity contribution in [1.29, 1.82) is 0 Å². The number of aromatic nitrogens is 3. The molecule has 2 N–H and O–H groups in total. The van der Waals surface area contributed by atoms with Crippen LogP contribution in [0.4, 0.5) is 17.2 Å². The average molecular weight is 443 g/mol. The van der Waals surface area contributed by atoms with E-state index in [4.69, 9.17) is 10.7 Å². The van der Waals surface area contributed by atoms with Gasteiger partial charge in [0.05, 0.1) is 17.1 Å². The maximum absolute atomic E-state index is 6.34. The molecule has 1 aliphatic rings. The van der Waals surface area contributed by atoms with Gasteiger partial charge in [0.25, 0.3) is 0 Å². The van der Waals surface area contributed by atoms with Gasteiger partial charge in [-0.05, 0) is 42.2 Å². The van der Waals surface area contributed by atoms with E-state index in [2.05, 4.69) is 45.7 Å². The number of allylic oxidation sites excluding steroid dienone is 1. The Kier molecular flexibility index (Phi) is 4.96. The molecule has 2 heterocycles. The first-order valence-electron chi connectivity index (χ1n) is 11.3. The molecule has 164 valence electrons. The summed E-state index contributed by atoms with van der Waals surface area (Å²) in [5, 5.41) is 13.5. The van der Waals surface area contributed by atoms with E-state index in [1.807, 2.05) is 71.2 Å². The zero-order chi connectivity index (χ0) is 22.9. The Labute approximate surface area is 197 Å². The van der Waals surface area contributed by atoms with E-state index in [1.54, 1.807) is 0 Å². The summed E-state index contributed by atoms with van der Waals surface area (Å²) in [6.45, 7) is 0. The number of anilines is 1. The van der Waals surface area contributed by atoms with E-state index < -0.39 is 0 Å². The fraction of sp³-hybridized carbons (Fsp3) is 0.0714. The zero-order valence-corrected chi connectivity index (χ0v) is 18.5. The van der Waals surface area contributed by atoms with Crippen molar-refractivity contribution >= 4 is 34.5 Å². The van der Waals surface area contributed by atoms with Crippen LogP contribution in [0.2, 0.25) is 0 Å². The van der Waals surface area contributed by atoms with Crippen molar-refractivity contribution in [3.05, 3.63) is 108 Å². The topological polar surface area (TPSA) is 80.9 Å². The summed E-state index contributed by atoms with van der Waals surface area (Å²) in [5.74, 6) is 0.307. The van der Waals surface area contributed by atoms with Crippen LogP contribution < -0.4 is 5.73 Å². The highest BCUT2D eigenvalue weighted by molar-refractivity contribution is 5.89. The molecule has 0 saturated carbocycles. The summed E-state index contributed by atoms with van der Waals surface area (Å²) in [6, 6.07) is 30.2. The summed E-state index contributed by atoms with van der Waals surface area (Å²) < 4.78 is 1.83. The second-order valence-corrected chi connectivity index (χ2v) is 8.24. The van der Waals surface area contributed by atoms with Crippen LogP contribution in [0.3, 0.4) is 0 Å². The van der Waals surface area contributed by atoms with E-state index in [9.17, 15) is 0 Å². The first-order chi connectivity index (χ1) is 16.8. The lowest BCUT2D eigenvalue weighted by Crippen LogP contribution is -2.03. The molecule has 0 spiro atoms. The molecule has 0 saturated heterocycles. The van der Waals surface area contributed by atoms with E-state index in [0.29, 0.717) is 17.2 Å². The smallest absolute Gasteiger partial charge is 0.186 e. The lowest BCUT2D eigenvalue weighted by atomic mass is 10.0. The molecule has 0 radical (unpaired) electrons. The van der Waals surface area contributed by atoms with Crippen LogP contribution in [0.25, 0.3) is 28.6 Å². The van der Waals surface area contributed by atoms with Crippen molar-refractivity contribution < 1.29 is 0 Å². The lowest BCUT2D eigenvalue weighted by Gasteiger charge is -2.11. The number of fused-ring (bicyclic) bond motifs is 2. The van der Waals surface area contributed by atoms with E-state index in [0.717, 1.165) is 41.0 Å². The van der Waals surface area contributed by atoms with Crippen LogP contribution in [-0.4, -0.2) is 14.6 Å². The maximum atomic E-state index is 6.34. The lowest BCUT2D eigenvalue weighted by molar-refractivity contribution is 0.928. The Hall–Kier alpha value is -4.58. The molecule has 0 amide bonds. The molecule has 34 heavy (non-hydrogen) atoms. The minimum absolute atomic E-state index is 0.307. The number of hydrogen-bond acceptors (Lipinski definition) is 5. The highest BCUT2D eigenvalue weighted by atomic mass is 15.3. The summed E-state index contributed by atoms with van der Waals surface area (Å²) in [6.07, 6.45) is 4.03. The van der Waals surface area contributed by atoms with Gasteiger partial charge >= 0.3 is 0 Å². The molecule has 1 aliphatic carbocycles. The number of hydrogen-bond donors (Lipinski definition) is 1. The second-order valence-electron chi connectivity index (χ2n) is 8.24. The Balaban J connectivity index is 1.59. The van der Waals surface area contributed by atoms with Gasteiger partial charge in [0.1, 0.15) is 0 Å². The fourth-order valence-electron chi connectivity index (χ4n) is 4.45. The molecule has 3 aromatic carbocycles. The van der Waals surface area contributed by atoms with E-state index in [-0.39, 0.29) is 0 Å². The molecule has 2 aromatic heterocycles. The third-order valence-electron chi connectivity index (χ3n) is 6.02. The summed E-state index contributed by atoms with van der Waals surface area (Å²) in [7, 11) is 0. The first-order valence-corrected chi connectivity index (χ1v) is 11.3. The maximum Gasteiger partial charge on any atom is 0.186 e. The Morgan fingerprint density at radius 1 is 0.794 bits per heavy atom. The van der Waals surface area contributed by atoms with Crippen molar-refractivity contribution in [1.82, 2.24) is 14.6 Å². The van der Waals surface area contributed by atoms with Gasteiger partial charge in [-0.1, -0.05) is 78.9 Å². The molecule has 6 nitrogen and oxygen atoms in total. The summed E-state index contributed by atoms with van der Waals surface area (Å²) in [4.78, 5) is 5.05. The minimum atomic E-state index is 0.307. The van der Waals surface area contributed by atoms with Gasteiger partial charge in [-0.2, -0.15) is 5.11 Å². The molecule has 0 bridgehead atoms. The highest BCUT2D eigenvalue weighted by Crippen LogP contribution is 2.41. The molecule has 6 heteroatoms. The molecular formula is C28H22N6. The molecular weight excluding hydrogens is 420 g/mol. The Morgan fingerprint density at radius 2 is 1.47 bits per heavy atom. The monoisotopic (exact) mass is 442 g/mol.